The van der Waals surface area contributed by atoms with Gasteiger partial charge in [0.15, 0.2) is 6.61 Å². The minimum absolute atomic E-state index is 0.135. The third-order valence-corrected chi connectivity index (χ3v) is 2.33. The molecule has 0 spiro atoms. The van der Waals surface area contributed by atoms with Crippen LogP contribution in [0.4, 0.5) is 5.69 Å². The molecule has 0 fully saturated rings. The van der Waals surface area contributed by atoms with Gasteiger partial charge in [0.25, 0.3) is 5.91 Å². The van der Waals surface area contributed by atoms with Crippen molar-refractivity contribution in [2.45, 2.75) is 0 Å². The number of benzene rings is 1. The van der Waals surface area contributed by atoms with Crippen LogP contribution < -0.4 is 10.5 Å². The summed E-state index contributed by atoms with van der Waals surface area (Å²) in [5.41, 5.74) is 6.14. The fraction of sp³-hybridized carbons (Fsp3) is 0.417. The minimum atomic E-state index is -0.282. The molecule has 0 aliphatic heterocycles. The van der Waals surface area contributed by atoms with Gasteiger partial charge in [0, 0.05) is 18.8 Å². The molecule has 1 aromatic rings. The summed E-state index contributed by atoms with van der Waals surface area (Å²) in [6.45, 7) is -0.0554. The van der Waals surface area contributed by atoms with Gasteiger partial charge in [-0.15, -0.1) is 0 Å². The highest BCUT2D eigenvalue weighted by Gasteiger charge is 2.12. The van der Waals surface area contributed by atoms with Gasteiger partial charge in [-0.1, -0.05) is 0 Å². The van der Waals surface area contributed by atoms with Gasteiger partial charge in [0.2, 0.25) is 0 Å². The molecule has 0 heterocycles. The van der Waals surface area contributed by atoms with Crippen LogP contribution in [0.5, 0.6) is 5.75 Å². The Morgan fingerprint density at radius 2 is 1.72 bits per heavy atom. The van der Waals surface area contributed by atoms with E-state index in [1.54, 1.807) is 24.3 Å². The molecule has 0 unspecified atom stereocenters. The number of amides is 1. The predicted octanol–water partition coefficient (Wildman–Crippen LogP) is -0.539. The van der Waals surface area contributed by atoms with Crippen molar-refractivity contribution in [2.24, 2.45) is 0 Å². The maximum absolute atomic E-state index is 11.7. The standard InChI is InChI=1S/C12H18N2O4/c13-10-1-3-11(4-2-10)18-9-12(17)14(5-7-15)6-8-16/h1-4,15-16H,5-9,13H2. The van der Waals surface area contributed by atoms with Crippen molar-refractivity contribution in [1.82, 2.24) is 4.90 Å². The second-order valence-corrected chi connectivity index (χ2v) is 3.69. The van der Waals surface area contributed by atoms with Gasteiger partial charge in [-0.3, -0.25) is 4.79 Å². The lowest BCUT2D eigenvalue weighted by Crippen LogP contribution is -2.38. The summed E-state index contributed by atoms with van der Waals surface area (Å²) in [6.07, 6.45) is 0. The van der Waals surface area contributed by atoms with E-state index in [1.165, 1.54) is 4.90 Å². The predicted molar refractivity (Wildman–Crippen MR) is 67.1 cm³/mol. The van der Waals surface area contributed by atoms with Gasteiger partial charge >= 0.3 is 0 Å². The number of nitrogens with zero attached hydrogens (tertiary/aromatic N) is 1. The van der Waals surface area contributed by atoms with Crippen molar-refractivity contribution in [3.05, 3.63) is 24.3 Å². The molecule has 0 bridgehead atoms. The van der Waals surface area contributed by atoms with E-state index in [0.29, 0.717) is 11.4 Å². The number of hydrogen-bond donors (Lipinski definition) is 3. The summed E-state index contributed by atoms with van der Waals surface area (Å²) >= 11 is 0. The van der Waals surface area contributed by atoms with Crippen LogP contribution in [0.1, 0.15) is 0 Å². The van der Waals surface area contributed by atoms with E-state index in [-0.39, 0.29) is 38.8 Å². The molecular weight excluding hydrogens is 236 g/mol. The molecular formula is C12H18N2O4. The Morgan fingerprint density at radius 1 is 1.17 bits per heavy atom. The first-order valence-electron chi connectivity index (χ1n) is 5.65. The maximum Gasteiger partial charge on any atom is 0.260 e. The maximum atomic E-state index is 11.7. The number of rotatable bonds is 7. The topological polar surface area (TPSA) is 96.0 Å². The fourth-order valence-corrected chi connectivity index (χ4v) is 1.40. The van der Waals surface area contributed by atoms with E-state index in [2.05, 4.69) is 0 Å². The Bertz CT molecular complexity index is 361. The third-order valence-electron chi connectivity index (χ3n) is 2.33. The molecule has 0 aliphatic rings. The van der Waals surface area contributed by atoms with Crippen molar-refractivity contribution in [1.29, 1.82) is 0 Å². The van der Waals surface area contributed by atoms with Gasteiger partial charge in [-0.05, 0) is 24.3 Å². The number of hydrogen-bond acceptors (Lipinski definition) is 5. The summed E-state index contributed by atoms with van der Waals surface area (Å²) in [7, 11) is 0. The van der Waals surface area contributed by atoms with E-state index >= 15 is 0 Å². The minimum Gasteiger partial charge on any atom is -0.484 e. The lowest BCUT2D eigenvalue weighted by atomic mass is 10.3. The second kappa shape index (κ2) is 7.52. The zero-order valence-electron chi connectivity index (χ0n) is 10.1. The quantitative estimate of drug-likeness (QED) is 0.568. The first-order valence-corrected chi connectivity index (χ1v) is 5.65. The van der Waals surface area contributed by atoms with E-state index in [0.717, 1.165) is 0 Å². The molecule has 0 radical (unpaired) electrons. The summed E-state index contributed by atoms with van der Waals surface area (Å²) in [5, 5.41) is 17.6. The van der Waals surface area contributed by atoms with Gasteiger partial charge in [-0.25, -0.2) is 0 Å². The van der Waals surface area contributed by atoms with Crippen molar-refractivity contribution in [3.8, 4) is 5.75 Å². The van der Waals surface area contributed by atoms with Gasteiger partial charge in [0.1, 0.15) is 5.75 Å². The zero-order valence-corrected chi connectivity index (χ0v) is 10.1. The molecule has 6 nitrogen and oxygen atoms in total. The van der Waals surface area contributed by atoms with E-state index < -0.39 is 0 Å². The molecule has 1 amide bonds. The zero-order chi connectivity index (χ0) is 13.4. The number of carbonyl (C=O) groups is 1. The molecule has 1 aromatic carbocycles. The Morgan fingerprint density at radius 3 is 2.22 bits per heavy atom. The highest BCUT2D eigenvalue weighted by molar-refractivity contribution is 5.77. The first-order chi connectivity index (χ1) is 8.67. The smallest absolute Gasteiger partial charge is 0.260 e. The van der Waals surface area contributed by atoms with Crippen LogP contribution in [0, 0.1) is 0 Å². The van der Waals surface area contributed by atoms with Crippen LogP contribution in [-0.4, -0.2) is 53.9 Å². The van der Waals surface area contributed by atoms with Crippen LogP contribution in [0.2, 0.25) is 0 Å². The van der Waals surface area contributed by atoms with Crippen LogP contribution in [0.25, 0.3) is 0 Å². The van der Waals surface area contributed by atoms with Crippen molar-refractivity contribution in [2.75, 3.05) is 38.6 Å². The number of anilines is 1. The monoisotopic (exact) mass is 254 g/mol. The molecule has 6 heteroatoms. The molecule has 0 aliphatic carbocycles. The van der Waals surface area contributed by atoms with E-state index in [1.807, 2.05) is 0 Å². The molecule has 0 atom stereocenters. The molecule has 1 rings (SSSR count). The number of aliphatic hydroxyl groups is 2. The molecule has 18 heavy (non-hydrogen) atoms. The normalized spacial score (nSPS) is 10.1. The lowest BCUT2D eigenvalue weighted by Gasteiger charge is -2.20. The number of nitrogens with two attached hydrogens (primary N) is 1. The van der Waals surface area contributed by atoms with Crippen LogP contribution in [0.3, 0.4) is 0 Å². The summed E-state index contributed by atoms with van der Waals surface area (Å²) in [6, 6.07) is 6.70. The Hall–Kier alpha value is -1.79. The Labute approximate surface area is 106 Å². The van der Waals surface area contributed by atoms with Gasteiger partial charge < -0.3 is 25.6 Å². The molecule has 4 N–H and O–H groups in total. The summed E-state index contributed by atoms with van der Waals surface area (Å²) < 4.78 is 5.29. The highest BCUT2D eigenvalue weighted by atomic mass is 16.5. The number of aliphatic hydroxyl groups excluding tert-OH is 2. The van der Waals surface area contributed by atoms with E-state index in [9.17, 15) is 4.79 Å². The molecule has 100 valence electrons. The van der Waals surface area contributed by atoms with Gasteiger partial charge in [-0.2, -0.15) is 0 Å². The first kappa shape index (κ1) is 14.3. The van der Waals surface area contributed by atoms with E-state index in [4.69, 9.17) is 20.7 Å². The number of carbonyl (C=O) groups excluding carboxylic acids is 1. The lowest BCUT2D eigenvalue weighted by molar-refractivity contribution is -0.134. The number of ether oxygens (including phenoxy) is 1. The molecule has 0 saturated carbocycles. The van der Waals surface area contributed by atoms with Crippen LogP contribution >= 0.6 is 0 Å². The fourth-order valence-electron chi connectivity index (χ4n) is 1.40. The SMILES string of the molecule is Nc1ccc(OCC(=O)N(CCO)CCO)cc1. The van der Waals surface area contributed by atoms with Crippen LogP contribution in [-0.2, 0) is 4.79 Å². The second-order valence-electron chi connectivity index (χ2n) is 3.69. The van der Waals surface area contributed by atoms with Gasteiger partial charge in [0.05, 0.1) is 13.2 Å². The third kappa shape index (κ3) is 4.60. The summed E-state index contributed by atoms with van der Waals surface area (Å²) in [4.78, 5) is 13.1. The average molecular weight is 254 g/mol. The van der Waals surface area contributed by atoms with Crippen molar-refractivity contribution in [3.63, 3.8) is 0 Å². The molecule has 0 saturated heterocycles. The Kier molecular flexibility index (Phi) is 5.96. The average Bonchev–Trinajstić information content (AvgIpc) is 2.37. The summed E-state index contributed by atoms with van der Waals surface area (Å²) in [5.74, 6) is 0.264. The Balaban J connectivity index is 2.45. The highest BCUT2D eigenvalue weighted by Crippen LogP contribution is 2.12. The molecule has 0 aromatic heterocycles. The number of nitrogen functional groups attached to an aromatic ring is 1. The largest absolute Gasteiger partial charge is 0.484 e. The van der Waals surface area contributed by atoms with Crippen molar-refractivity contribution < 1.29 is 19.7 Å². The van der Waals surface area contributed by atoms with Crippen LogP contribution in [0.15, 0.2) is 24.3 Å². The van der Waals surface area contributed by atoms with Crippen molar-refractivity contribution >= 4 is 11.6 Å².